The lowest BCUT2D eigenvalue weighted by Crippen LogP contribution is -2.26. The first-order chi connectivity index (χ1) is 6.87. The van der Waals surface area contributed by atoms with Crippen molar-refractivity contribution in [3.63, 3.8) is 0 Å². The van der Waals surface area contributed by atoms with Gasteiger partial charge in [-0.3, -0.25) is 19.9 Å². The number of carboxylic acid groups (broad SMARTS) is 1. The molecule has 0 atom stereocenters. The van der Waals surface area contributed by atoms with E-state index in [1.54, 1.807) is 11.4 Å². The van der Waals surface area contributed by atoms with Crippen LogP contribution in [0.3, 0.4) is 0 Å². The van der Waals surface area contributed by atoms with Gasteiger partial charge in [0, 0.05) is 0 Å². The molecule has 0 aromatic carbocycles. The van der Waals surface area contributed by atoms with Gasteiger partial charge >= 0.3 is 5.97 Å². The Hall–Kier alpha value is -1.22. The van der Waals surface area contributed by atoms with Crippen LogP contribution in [0.1, 0.15) is 0 Å². The third-order valence-corrected chi connectivity index (χ3v) is 4.62. The first-order valence-corrected chi connectivity index (χ1v) is 6.02. The molecule has 1 rings (SSSR count). The monoisotopic (exact) mass is 248 g/mol. The molecule has 0 saturated carbocycles. The van der Waals surface area contributed by atoms with E-state index in [4.69, 9.17) is 15.9 Å². The van der Waals surface area contributed by atoms with Gasteiger partial charge in [-0.2, -0.15) is 0 Å². The average molecular weight is 248 g/mol. The molecule has 0 saturated heterocycles. The second-order valence-corrected chi connectivity index (χ2v) is 5.64. The number of aliphatic carboxylic acids is 1. The lowest BCUT2D eigenvalue weighted by atomic mass is 10.4. The molecule has 82 valence electrons. The van der Waals surface area contributed by atoms with E-state index in [0.717, 1.165) is 11.3 Å². The highest BCUT2D eigenvalue weighted by atomic mass is 32.3. The van der Waals surface area contributed by atoms with E-state index >= 15 is 0 Å². The maximum absolute atomic E-state index is 10.4. The number of thiophene rings is 1. The highest BCUT2D eigenvalue weighted by Crippen LogP contribution is 2.51. The molecule has 0 fully saturated rings. The highest BCUT2D eigenvalue weighted by molar-refractivity contribution is 8.39. The van der Waals surface area contributed by atoms with E-state index < -0.39 is 27.3 Å². The first kappa shape index (κ1) is 11.9. The molecule has 0 amide bonds. The van der Waals surface area contributed by atoms with Gasteiger partial charge in [-0.15, -0.1) is 21.9 Å². The molecule has 15 heavy (non-hydrogen) atoms. The Morgan fingerprint density at radius 3 is 2.40 bits per heavy atom. The molecule has 1 heterocycles. The largest absolute Gasteiger partial charge is 0.476 e. The fourth-order valence-electron chi connectivity index (χ4n) is 0.765. The van der Waals surface area contributed by atoms with E-state index in [1.807, 2.05) is 0 Å². The zero-order chi connectivity index (χ0) is 11.6. The van der Waals surface area contributed by atoms with E-state index in [9.17, 15) is 13.9 Å². The van der Waals surface area contributed by atoms with E-state index in [2.05, 4.69) is 0 Å². The molecule has 0 radical (unpaired) electrons. The summed E-state index contributed by atoms with van der Waals surface area (Å²) in [6.07, 6.45) is 0. The minimum Gasteiger partial charge on any atom is -0.476 e. The maximum atomic E-state index is 10.4. The first-order valence-electron chi connectivity index (χ1n) is 3.60. The molecule has 0 aliphatic rings. The molecule has 5 N–H and O–H groups in total. The van der Waals surface area contributed by atoms with E-state index in [0.29, 0.717) is 0 Å². The Balaban J connectivity index is 3.02. The topological polar surface area (TPSA) is 125 Å². The number of carbonyl (C=O) groups is 1. The van der Waals surface area contributed by atoms with Crippen LogP contribution in [0.5, 0.6) is 0 Å². The Morgan fingerprint density at radius 1 is 1.40 bits per heavy atom. The zero-order valence-corrected chi connectivity index (χ0v) is 8.93. The predicted molar refractivity (Wildman–Crippen MR) is 58.5 cm³/mol. The van der Waals surface area contributed by atoms with Crippen LogP contribution >= 0.6 is 21.9 Å². The SMILES string of the molecule is N=C(C(=N)S(O)(O)c1cccs1)C(=O)O. The Bertz CT molecular complexity index is 413. The number of nitrogens with one attached hydrogen (secondary N) is 2. The summed E-state index contributed by atoms with van der Waals surface area (Å²) in [5, 5.41) is 23.3. The van der Waals surface area contributed by atoms with Gasteiger partial charge in [0.25, 0.3) is 0 Å². The number of hydrogen-bond acceptors (Lipinski definition) is 6. The summed E-state index contributed by atoms with van der Waals surface area (Å²) >= 11 is 0.994. The molecule has 0 unspecified atom stereocenters. The van der Waals surface area contributed by atoms with Crippen molar-refractivity contribution in [2.24, 2.45) is 0 Å². The zero-order valence-electron chi connectivity index (χ0n) is 7.30. The Kier molecular flexibility index (Phi) is 3.25. The summed E-state index contributed by atoms with van der Waals surface area (Å²) in [4.78, 5) is 10.4. The molecule has 0 aliphatic heterocycles. The normalized spacial score (nSPS) is 12.1. The minimum atomic E-state index is -3.64. The van der Waals surface area contributed by atoms with Gasteiger partial charge in [-0.1, -0.05) is 0 Å². The van der Waals surface area contributed by atoms with E-state index in [1.165, 1.54) is 6.07 Å². The summed E-state index contributed by atoms with van der Waals surface area (Å²) in [5.74, 6) is -1.66. The van der Waals surface area contributed by atoms with Gasteiger partial charge in [0.15, 0.2) is 10.8 Å². The molecular formula is C7H8N2O4S2. The van der Waals surface area contributed by atoms with Gasteiger partial charge in [0.05, 0.1) is 0 Å². The van der Waals surface area contributed by atoms with Crippen LogP contribution in [0.25, 0.3) is 0 Å². The van der Waals surface area contributed by atoms with Crippen LogP contribution in [0.4, 0.5) is 0 Å². The number of hydrogen-bond donors (Lipinski definition) is 5. The summed E-state index contributed by atoms with van der Waals surface area (Å²) in [7, 11) is -3.64. The Labute approximate surface area is 90.6 Å². The highest BCUT2D eigenvalue weighted by Gasteiger charge is 2.29. The molecule has 1 aromatic rings. The summed E-state index contributed by atoms with van der Waals surface area (Å²) in [6, 6.07) is 2.93. The van der Waals surface area contributed by atoms with Crippen LogP contribution in [0.2, 0.25) is 0 Å². The van der Waals surface area contributed by atoms with Crippen molar-refractivity contribution < 1.29 is 19.0 Å². The van der Waals surface area contributed by atoms with Crippen molar-refractivity contribution in [2.75, 3.05) is 0 Å². The van der Waals surface area contributed by atoms with Gasteiger partial charge < -0.3 is 5.11 Å². The predicted octanol–water partition coefficient (Wildman–Crippen LogP) is 1.94. The molecule has 0 aliphatic carbocycles. The van der Waals surface area contributed by atoms with Crippen molar-refractivity contribution in [3.05, 3.63) is 17.5 Å². The van der Waals surface area contributed by atoms with Crippen molar-refractivity contribution in [2.45, 2.75) is 4.21 Å². The summed E-state index contributed by atoms with van der Waals surface area (Å²) in [6.45, 7) is 0. The van der Waals surface area contributed by atoms with E-state index in [-0.39, 0.29) is 4.21 Å². The molecule has 6 nitrogen and oxygen atoms in total. The standard InChI is InChI=1S/C7H8N2O4S2/c8-5(7(10)11)6(9)15(12,13)4-2-1-3-14-4/h1-3,8-9,12-13H,(H,10,11). The Morgan fingerprint density at radius 2 is 2.00 bits per heavy atom. The third kappa shape index (κ3) is 2.23. The summed E-state index contributed by atoms with van der Waals surface area (Å²) < 4.78 is 19.2. The van der Waals surface area contributed by atoms with Gasteiger partial charge in [-0.05, 0) is 17.5 Å². The van der Waals surface area contributed by atoms with Crippen molar-refractivity contribution >= 4 is 38.7 Å². The maximum Gasteiger partial charge on any atom is 0.357 e. The quantitative estimate of drug-likeness (QED) is 0.414. The van der Waals surface area contributed by atoms with Crippen LogP contribution in [0.15, 0.2) is 21.7 Å². The second-order valence-electron chi connectivity index (χ2n) is 2.49. The van der Waals surface area contributed by atoms with Crippen LogP contribution in [0, 0.1) is 10.8 Å². The number of rotatable bonds is 3. The average Bonchev–Trinajstić information content (AvgIpc) is 2.68. The van der Waals surface area contributed by atoms with Gasteiger partial charge in [-0.25, -0.2) is 4.79 Å². The fraction of sp³-hybridized carbons (Fsp3) is 0. The van der Waals surface area contributed by atoms with Crippen molar-refractivity contribution in [1.29, 1.82) is 10.8 Å². The second kappa shape index (κ2) is 4.11. The fourth-order valence-corrected chi connectivity index (χ4v) is 3.01. The number of carboxylic acids is 1. The molecular weight excluding hydrogens is 240 g/mol. The van der Waals surface area contributed by atoms with Crippen LogP contribution < -0.4 is 0 Å². The third-order valence-electron chi connectivity index (χ3n) is 1.50. The summed E-state index contributed by atoms with van der Waals surface area (Å²) in [5.41, 5.74) is -1.11. The smallest absolute Gasteiger partial charge is 0.357 e. The van der Waals surface area contributed by atoms with Gasteiger partial charge in [0.1, 0.15) is 4.21 Å². The molecule has 0 bridgehead atoms. The molecule has 0 spiro atoms. The van der Waals surface area contributed by atoms with Crippen molar-refractivity contribution in [1.82, 2.24) is 0 Å². The molecule has 8 heteroatoms. The van der Waals surface area contributed by atoms with Crippen LogP contribution in [-0.4, -0.2) is 30.9 Å². The lowest BCUT2D eigenvalue weighted by molar-refractivity contribution is -0.129. The van der Waals surface area contributed by atoms with Crippen LogP contribution in [-0.2, 0) is 4.79 Å². The lowest BCUT2D eigenvalue weighted by Gasteiger charge is -2.29. The van der Waals surface area contributed by atoms with Crippen molar-refractivity contribution in [3.8, 4) is 0 Å². The van der Waals surface area contributed by atoms with Gasteiger partial charge in [0.2, 0.25) is 0 Å². The molecule has 1 aromatic heterocycles. The minimum absolute atomic E-state index is 0.0819.